The van der Waals surface area contributed by atoms with E-state index in [2.05, 4.69) is 4.72 Å². The molecular formula is C10H15NO2S. The fraction of sp³-hybridized carbons (Fsp3) is 0.400. The molecule has 0 fully saturated rings. The summed E-state index contributed by atoms with van der Waals surface area (Å²) in [5.74, 6) is 0. The molecule has 78 valence electrons. The largest absolute Gasteiger partial charge is 0.240 e. The third-order valence-electron chi connectivity index (χ3n) is 2.18. The summed E-state index contributed by atoms with van der Waals surface area (Å²) in [7, 11) is -3.31. The van der Waals surface area contributed by atoms with Gasteiger partial charge in [0.2, 0.25) is 10.0 Å². The zero-order chi connectivity index (χ0) is 10.8. The van der Waals surface area contributed by atoms with Crippen LogP contribution in [0.25, 0.3) is 0 Å². The summed E-state index contributed by atoms with van der Waals surface area (Å²) >= 11 is 0. The zero-order valence-electron chi connectivity index (χ0n) is 8.66. The third kappa shape index (κ3) is 2.13. The third-order valence-corrected chi connectivity index (χ3v) is 3.87. The summed E-state index contributed by atoms with van der Waals surface area (Å²) in [6.07, 6.45) is 0. The van der Waals surface area contributed by atoms with Crippen molar-refractivity contribution in [2.24, 2.45) is 0 Å². The first-order valence-corrected chi connectivity index (χ1v) is 6.03. The van der Waals surface area contributed by atoms with Crippen LogP contribution in [0.2, 0.25) is 0 Å². The molecule has 0 aliphatic heterocycles. The predicted molar refractivity (Wildman–Crippen MR) is 56.8 cm³/mol. The van der Waals surface area contributed by atoms with Crippen LogP contribution in [0, 0.1) is 13.8 Å². The molecule has 0 bridgehead atoms. The van der Waals surface area contributed by atoms with Crippen molar-refractivity contribution < 1.29 is 8.42 Å². The molecule has 0 heterocycles. The molecule has 0 spiro atoms. The predicted octanol–water partition coefficient (Wildman–Crippen LogP) is 1.60. The molecule has 14 heavy (non-hydrogen) atoms. The SMILES string of the molecule is CCNS(=O)(=O)c1cccc(C)c1C. The van der Waals surface area contributed by atoms with E-state index in [4.69, 9.17) is 0 Å². The van der Waals surface area contributed by atoms with Crippen LogP contribution < -0.4 is 4.72 Å². The highest BCUT2D eigenvalue weighted by Crippen LogP contribution is 2.17. The summed E-state index contributed by atoms with van der Waals surface area (Å²) in [6, 6.07) is 5.28. The van der Waals surface area contributed by atoms with Crippen molar-refractivity contribution >= 4 is 10.0 Å². The molecule has 0 aliphatic carbocycles. The minimum atomic E-state index is -3.31. The summed E-state index contributed by atoms with van der Waals surface area (Å²) in [5, 5.41) is 0. The topological polar surface area (TPSA) is 46.2 Å². The van der Waals surface area contributed by atoms with Crippen LogP contribution >= 0.6 is 0 Å². The van der Waals surface area contributed by atoms with Crippen molar-refractivity contribution in [1.29, 1.82) is 0 Å². The van der Waals surface area contributed by atoms with E-state index in [1.807, 2.05) is 19.9 Å². The molecule has 4 heteroatoms. The maximum absolute atomic E-state index is 11.7. The fourth-order valence-electron chi connectivity index (χ4n) is 1.28. The normalized spacial score (nSPS) is 11.6. The van der Waals surface area contributed by atoms with Gasteiger partial charge in [0.05, 0.1) is 4.90 Å². The lowest BCUT2D eigenvalue weighted by Crippen LogP contribution is -2.24. The molecule has 0 amide bonds. The molecule has 0 radical (unpaired) electrons. The Labute approximate surface area is 85.2 Å². The van der Waals surface area contributed by atoms with E-state index in [0.717, 1.165) is 11.1 Å². The van der Waals surface area contributed by atoms with Crippen LogP contribution in [0.3, 0.4) is 0 Å². The lowest BCUT2D eigenvalue weighted by atomic mass is 10.1. The van der Waals surface area contributed by atoms with Crippen LogP contribution in [-0.4, -0.2) is 15.0 Å². The van der Waals surface area contributed by atoms with Crippen LogP contribution in [0.1, 0.15) is 18.1 Å². The van der Waals surface area contributed by atoms with Gasteiger partial charge in [0.1, 0.15) is 0 Å². The van der Waals surface area contributed by atoms with Crippen molar-refractivity contribution in [3.05, 3.63) is 29.3 Å². The summed E-state index contributed by atoms with van der Waals surface area (Å²) in [6.45, 7) is 5.90. The van der Waals surface area contributed by atoms with E-state index >= 15 is 0 Å². The second kappa shape index (κ2) is 4.11. The van der Waals surface area contributed by atoms with Crippen molar-refractivity contribution in [3.8, 4) is 0 Å². The highest BCUT2D eigenvalue weighted by molar-refractivity contribution is 7.89. The number of aryl methyl sites for hydroxylation is 1. The Morgan fingerprint density at radius 3 is 2.50 bits per heavy atom. The van der Waals surface area contributed by atoms with Gasteiger partial charge in [0.15, 0.2) is 0 Å². The standard InChI is InChI=1S/C10H15NO2S/c1-4-11-14(12,13)10-7-5-6-8(2)9(10)3/h5-7,11H,4H2,1-3H3. The van der Waals surface area contributed by atoms with E-state index in [1.54, 1.807) is 19.1 Å². The first-order chi connectivity index (χ1) is 6.49. The fourth-order valence-corrected chi connectivity index (χ4v) is 2.64. The van der Waals surface area contributed by atoms with E-state index in [-0.39, 0.29) is 0 Å². The highest BCUT2D eigenvalue weighted by atomic mass is 32.2. The highest BCUT2D eigenvalue weighted by Gasteiger charge is 2.15. The van der Waals surface area contributed by atoms with Crippen molar-refractivity contribution in [2.45, 2.75) is 25.7 Å². The lowest BCUT2D eigenvalue weighted by Gasteiger charge is -2.09. The summed E-state index contributed by atoms with van der Waals surface area (Å²) in [5.41, 5.74) is 1.80. The first kappa shape index (κ1) is 11.2. The Kier molecular flexibility index (Phi) is 3.29. The van der Waals surface area contributed by atoms with Gasteiger partial charge in [-0.2, -0.15) is 0 Å². The average Bonchev–Trinajstić information content (AvgIpc) is 2.09. The lowest BCUT2D eigenvalue weighted by molar-refractivity contribution is 0.583. The van der Waals surface area contributed by atoms with Crippen molar-refractivity contribution in [3.63, 3.8) is 0 Å². The van der Waals surface area contributed by atoms with Gasteiger partial charge in [0, 0.05) is 6.54 Å². The Hall–Kier alpha value is -0.870. The van der Waals surface area contributed by atoms with Gasteiger partial charge in [-0.3, -0.25) is 0 Å². The van der Waals surface area contributed by atoms with Crippen LogP contribution in [0.5, 0.6) is 0 Å². The maximum atomic E-state index is 11.7. The van der Waals surface area contributed by atoms with Crippen molar-refractivity contribution in [2.75, 3.05) is 6.54 Å². The molecule has 1 aromatic rings. The monoisotopic (exact) mass is 213 g/mol. The number of benzene rings is 1. The Morgan fingerprint density at radius 2 is 1.93 bits per heavy atom. The number of rotatable bonds is 3. The Bertz CT molecular complexity index is 424. The van der Waals surface area contributed by atoms with Gasteiger partial charge in [0.25, 0.3) is 0 Å². The van der Waals surface area contributed by atoms with E-state index < -0.39 is 10.0 Å². The smallest absolute Gasteiger partial charge is 0.211 e. The number of hydrogen-bond donors (Lipinski definition) is 1. The molecule has 1 aromatic carbocycles. The second-order valence-corrected chi connectivity index (χ2v) is 4.93. The van der Waals surface area contributed by atoms with Crippen LogP contribution in [0.4, 0.5) is 0 Å². The number of hydrogen-bond acceptors (Lipinski definition) is 2. The molecule has 1 rings (SSSR count). The minimum Gasteiger partial charge on any atom is -0.211 e. The molecule has 0 saturated heterocycles. The maximum Gasteiger partial charge on any atom is 0.240 e. The van der Waals surface area contributed by atoms with E-state index in [0.29, 0.717) is 11.4 Å². The summed E-state index contributed by atoms with van der Waals surface area (Å²) < 4.78 is 25.9. The Morgan fingerprint density at radius 1 is 1.29 bits per heavy atom. The minimum absolute atomic E-state index is 0.374. The van der Waals surface area contributed by atoms with E-state index in [1.165, 1.54) is 0 Å². The molecule has 0 unspecified atom stereocenters. The van der Waals surface area contributed by atoms with Gasteiger partial charge in [-0.25, -0.2) is 13.1 Å². The number of nitrogens with one attached hydrogen (secondary N) is 1. The summed E-state index contributed by atoms with van der Waals surface area (Å²) in [4.78, 5) is 0.374. The molecular weight excluding hydrogens is 198 g/mol. The van der Waals surface area contributed by atoms with Gasteiger partial charge in [-0.05, 0) is 31.0 Å². The molecule has 3 nitrogen and oxygen atoms in total. The number of sulfonamides is 1. The van der Waals surface area contributed by atoms with Gasteiger partial charge >= 0.3 is 0 Å². The molecule has 1 N–H and O–H groups in total. The molecule has 0 aromatic heterocycles. The molecule has 0 atom stereocenters. The van der Waals surface area contributed by atoms with Gasteiger partial charge < -0.3 is 0 Å². The van der Waals surface area contributed by atoms with Crippen molar-refractivity contribution in [1.82, 2.24) is 4.72 Å². The second-order valence-electron chi connectivity index (χ2n) is 3.20. The Balaban J connectivity index is 3.27. The first-order valence-electron chi connectivity index (χ1n) is 4.55. The average molecular weight is 213 g/mol. The molecule has 0 aliphatic rings. The zero-order valence-corrected chi connectivity index (χ0v) is 9.48. The van der Waals surface area contributed by atoms with E-state index in [9.17, 15) is 8.42 Å². The van der Waals surface area contributed by atoms with Crippen LogP contribution in [-0.2, 0) is 10.0 Å². The quantitative estimate of drug-likeness (QED) is 0.829. The molecule has 0 saturated carbocycles. The van der Waals surface area contributed by atoms with Crippen LogP contribution in [0.15, 0.2) is 23.1 Å². The van der Waals surface area contributed by atoms with Gasteiger partial charge in [-0.1, -0.05) is 19.1 Å². The van der Waals surface area contributed by atoms with Gasteiger partial charge in [-0.15, -0.1) is 0 Å².